The molecule has 0 radical (unpaired) electrons. The van der Waals surface area contributed by atoms with E-state index in [2.05, 4.69) is 46.2 Å². The van der Waals surface area contributed by atoms with Crippen molar-refractivity contribution in [1.29, 1.82) is 0 Å². The Morgan fingerprint density at radius 1 is 1.00 bits per heavy atom. The molecule has 1 aromatic heterocycles. The molecule has 0 amide bonds. The highest BCUT2D eigenvalue weighted by Crippen LogP contribution is 2.18. The number of rotatable bonds is 7. The molecule has 5 heteroatoms. The van der Waals surface area contributed by atoms with Gasteiger partial charge >= 0.3 is 0 Å². The second-order valence-electron chi connectivity index (χ2n) is 6.39. The highest BCUT2D eigenvalue weighted by molar-refractivity contribution is 5.43. The van der Waals surface area contributed by atoms with Gasteiger partial charge in [-0.25, -0.2) is 9.37 Å². The van der Waals surface area contributed by atoms with E-state index in [1.54, 1.807) is 24.4 Å². The van der Waals surface area contributed by atoms with Gasteiger partial charge in [-0.05, 0) is 31.5 Å². The van der Waals surface area contributed by atoms with Crippen molar-refractivity contribution in [2.75, 3.05) is 10.2 Å². The molecule has 26 heavy (non-hydrogen) atoms. The first kappa shape index (κ1) is 17.9. The zero-order chi connectivity index (χ0) is 18.4. The van der Waals surface area contributed by atoms with Crippen LogP contribution in [0.5, 0.6) is 0 Å². The maximum absolute atomic E-state index is 13.8. The number of halogens is 1. The van der Waals surface area contributed by atoms with Crippen LogP contribution in [-0.4, -0.2) is 16.0 Å². The first-order valence-corrected chi connectivity index (χ1v) is 8.74. The summed E-state index contributed by atoms with van der Waals surface area (Å²) in [6, 6.07) is 19.0. The van der Waals surface area contributed by atoms with E-state index >= 15 is 0 Å². The summed E-state index contributed by atoms with van der Waals surface area (Å²) >= 11 is 0. The van der Waals surface area contributed by atoms with Gasteiger partial charge in [0.1, 0.15) is 11.6 Å². The van der Waals surface area contributed by atoms with Crippen molar-refractivity contribution in [2.45, 2.75) is 33.0 Å². The minimum Gasteiger partial charge on any atom is -0.366 e. The van der Waals surface area contributed by atoms with Gasteiger partial charge in [-0.3, -0.25) is 0 Å². The van der Waals surface area contributed by atoms with Gasteiger partial charge in [0.25, 0.3) is 0 Å². The third-order valence-corrected chi connectivity index (χ3v) is 4.14. The summed E-state index contributed by atoms with van der Waals surface area (Å²) in [6.07, 6.45) is 1.73. The fourth-order valence-corrected chi connectivity index (χ4v) is 2.68. The monoisotopic (exact) mass is 350 g/mol. The van der Waals surface area contributed by atoms with E-state index in [9.17, 15) is 4.39 Å². The van der Waals surface area contributed by atoms with E-state index in [0.29, 0.717) is 23.9 Å². The Kier molecular flexibility index (Phi) is 5.79. The van der Waals surface area contributed by atoms with Gasteiger partial charge in [-0.1, -0.05) is 48.5 Å². The summed E-state index contributed by atoms with van der Waals surface area (Å²) < 4.78 is 13.8. The van der Waals surface area contributed by atoms with Crippen LogP contribution in [0.2, 0.25) is 0 Å². The fraction of sp³-hybridized carbons (Fsp3) is 0.238. The topological polar surface area (TPSA) is 41.1 Å². The number of nitrogens with zero attached hydrogens (tertiary/aromatic N) is 3. The lowest BCUT2D eigenvalue weighted by Gasteiger charge is -2.27. The maximum atomic E-state index is 13.8. The van der Waals surface area contributed by atoms with E-state index in [1.165, 1.54) is 11.6 Å². The van der Waals surface area contributed by atoms with Crippen LogP contribution < -0.4 is 10.2 Å². The molecule has 0 bridgehead atoms. The molecule has 4 nitrogen and oxygen atoms in total. The SMILES string of the molecule is CC(C)N(Cc1ccccc1)c1nccc(NCc2ccccc2F)n1. The Balaban J connectivity index is 1.75. The van der Waals surface area contributed by atoms with Gasteiger partial charge in [0, 0.05) is 30.9 Å². The highest BCUT2D eigenvalue weighted by Gasteiger charge is 2.14. The fourth-order valence-electron chi connectivity index (χ4n) is 2.68. The number of nitrogens with one attached hydrogen (secondary N) is 1. The summed E-state index contributed by atoms with van der Waals surface area (Å²) in [7, 11) is 0. The molecule has 0 saturated heterocycles. The molecule has 3 aromatic rings. The summed E-state index contributed by atoms with van der Waals surface area (Å²) in [5.74, 6) is 1.11. The molecule has 134 valence electrons. The molecule has 0 aliphatic heterocycles. The minimum atomic E-state index is -0.220. The third-order valence-electron chi connectivity index (χ3n) is 4.14. The number of hydrogen-bond acceptors (Lipinski definition) is 4. The van der Waals surface area contributed by atoms with Crippen LogP contribution in [0.25, 0.3) is 0 Å². The van der Waals surface area contributed by atoms with Crippen molar-refractivity contribution in [3.05, 3.63) is 83.8 Å². The van der Waals surface area contributed by atoms with Crippen LogP contribution in [0.3, 0.4) is 0 Å². The van der Waals surface area contributed by atoms with E-state index in [1.807, 2.05) is 24.3 Å². The predicted octanol–water partition coefficient (Wildman–Crippen LogP) is 4.64. The van der Waals surface area contributed by atoms with Crippen molar-refractivity contribution in [1.82, 2.24) is 9.97 Å². The average Bonchev–Trinajstić information content (AvgIpc) is 2.66. The predicted molar refractivity (Wildman–Crippen MR) is 104 cm³/mol. The Morgan fingerprint density at radius 2 is 1.73 bits per heavy atom. The molecule has 1 N–H and O–H groups in total. The van der Waals surface area contributed by atoms with Gasteiger partial charge < -0.3 is 10.2 Å². The quantitative estimate of drug-likeness (QED) is 0.674. The van der Waals surface area contributed by atoms with E-state index in [4.69, 9.17) is 0 Å². The summed E-state index contributed by atoms with van der Waals surface area (Å²) in [5, 5.41) is 3.18. The van der Waals surface area contributed by atoms with E-state index in [-0.39, 0.29) is 11.9 Å². The summed E-state index contributed by atoms with van der Waals surface area (Å²) in [4.78, 5) is 11.2. The average molecular weight is 350 g/mol. The van der Waals surface area contributed by atoms with Crippen molar-refractivity contribution < 1.29 is 4.39 Å². The van der Waals surface area contributed by atoms with Gasteiger partial charge in [-0.2, -0.15) is 4.98 Å². The molecule has 0 aliphatic carbocycles. The first-order chi connectivity index (χ1) is 12.6. The largest absolute Gasteiger partial charge is 0.366 e. The number of aromatic nitrogens is 2. The lowest BCUT2D eigenvalue weighted by atomic mass is 10.2. The van der Waals surface area contributed by atoms with Crippen LogP contribution in [0.15, 0.2) is 66.9 Å². The molecule has 2 aromatic carbocycles. The van der Waals surface area contributed by atoms with Crippen molar-refractivity contribution >= 4 is 11.8 Å². The molecule has 0 atom stereocenters. The Hall–Kier alpha value is -2.95. The lowest BCUT2D eigenvalue weighted by Crippen LogP contribution is -2.31. The molecule has 0 unspecified atom stereocenters. The minimum absolute atomic E-state index is 0.220. The Morgan fingerprint density at radius 3 is 2.46 bits per heavy atom. The zero-order valence-corrected chi connectivity index (χ0v) is 15.1. The molecular weight excluding hydrogens is 327 g/mol. The van der Waals surface area contributed by atoms with Crippen LogP contribution in [0.4, 0.5) is 16.2 Å². The highest BCUT2D eigenvalue weighted by atomic mass is 19.1. The normalized spacial score (nSPS) is 10.8. The molecule has 0 fully saturated rings. The second-order valence-corrected chi connectivity index (χ2v) is 6.39. The summed E-state index contributed by atoms with van der Waals surface area (Å²) in [5.41, 5.74) is 1.81. The molecular formula is C21H23FN4. The number of hydrogen-bond donors (Lipinski definition) is 1. The van der Waals surface area contributed by atoms with Crippen LogP contribution in [0, 0.1) is 5.82 Å². The van der Waals surface area contributed by atoms with Crippen LogP contribution in [-0.2, 0) is 13.1 Å². The summed E-state index contributed by atoms with van der Waals surface area (Å²) in [6.45, 7) is 5.34. The van der Waals surface area contributed by atoms with Crippen molar-refractivity contribution in [3.8, 4) is 0 Å². The van der Waals surface area contributed by atoms with Crippen molar-refractivity contribution in [3.63, 3.8) is 0 Å². The Labute approximate surface area is 153 Å². The van der Waals surface area contributed by atoms with E-state index < -0.39 is 0 Å². The van der Waals surface area contributed by atoms with Gasteiger partial charge in [0.15, 0.2) is 0 Å². The molecule has 3 rings (SSSR count). The van der Waals surface area contributed by atoms with Crippen LogP contribution in [0.1, 0.15) is 25.0 Å². The molecule has 0 aliphatic rings. The third kappa shape index (κ3) is 4.57. The first-order valence-electron chi connectivity index (χ1n) is 8.74. The maximum Gasteiger partial charge on any atom is 0.227 e. The second kappa shape index (κ2) is 8.43. The van der Waals surface area contributed by atoms with Gasteiger partial charge in [-0.15, -0.1) is 0 Å². The standard InChI is InChI=1S/C21H23FN4/c1-16(2)26(15-17-8-4-3-5-9-17)21-23-13-12-20(25-21)24-14-18-10-6-7-11-19(18)22/h3-13,16H,14-15H2,1-2H3,(H,23,24,25). The van der Waals surface area contributed by atoms with E-state index in [0.717, 1.165) is 6.54 Å². The van der Waals surface area contributed by atoms with Gasteiger partial charge in [0.05, 0.1) is 0 Å². The molecule has 0 saturated carbocycles. The smallest absolute Gasteiger partial charge is 0.227 e. The van der Waals surface area contributed by atoms with Crippen LogP contribution >= 0.6 is 0 Å². The Bertz CT molecular complexity index is 836. The molecule has 1 heterocycles. The lowest BCUT2D eigenvalue weighted by molar-refractivity contribution is 0.613. The van der Waals surface area contributed by atoms with Gasteiger partial charge in [0.2, 0.25) is 5.95 Å². The molecule has 0 spiro atoms. The number of anilines is 2. The zero-order valence-electron chi connectivity index (χ0n) is 15.1. The van der Waals surface area contributed by atoms with Crippen molar-refractivity contribution in [2.24, 2.45) is 0 Å². The number of benzene rings is 2.